The second kappa shape index (κ2) is 5.36. The number of nitrogens with zero attached hydrogens (tertiary/aromatic N) is 2. The standard InChI is InChI=1S/C14H13F2N3S/c1-17-14-10-6-20-7-11(10)18-13(19-14)9-4-2-8(3-5-9)12(15)16/h2-5,12H,6-7H2,1H3,(H,17,18,19). The van der Waals surface area contributed by atoms with Gasteiger partial charge < -0.3 is 5.32 Å². The predicted octanol–water partition coefficient (Wildman–Crippen LogP) is 3.87. The zero-order valence-corrected chi connectivity index (χ0v) is 11.7. The maximum atomic E-state index is 12.6. The Labute approximate surface area is 119 Å². The van der Waals surface area contributed by atoms with Crippen molar-refractivity contribution < 1.29 is 8.78 Å². The number of benzene rings is 1. The van der Waals surface area contributed by atoms with E-state index in [0.29, 0.717) is 5.82 Å². The lowest BCUT2D eigenvalue weighted by Gasteiger charge is -2.09. The Hall–Kier alpha value is -1.69. The van der Waals surface area contributed by atoms with Gasteiger partial charge in [-0.05, 0) is 0 Å². The molecular weight excluding hydrogens is 280 g/mol. The summed E-state index contributed by atoms with van der Waals surface area (Å²) in [6.45, 7) is 0. The molecule has 1 aromatic carbocycles. The summed E-state index contributed by atoms with van der Waals surface area (Å²) in [7, 11) is 1.83. The average molecular weight is 293 g/mol. The SMILES string of the molecule is CNc1nc(-c2ccc(C(F)F)cc2)nc2c1CSC2. The van der Waals surface area contributed by atoms with Gasteiger partial charge in [0.1, 0.15) is 5.82 Å². The number of fused-ring (bicyclic) bond motifs is 1. The van der Waals surface area contributed by atoms with Gasteiger partial charge in [-0.3, -0.25) is 0 Å². The lowest BCUT2D eigenvalue weighted by atomic mass is 10.1. The number of rotatable bonds is 3. The molecule has 0 saturated heterocycles. The van der Waals surface area contributed by atoms with Crippen LogP contribution in [0.25, 0.3) is 11.4 Å². The van der Waals surface area contributed by atoms with E-state index in [4.69, 9.17) is 0 Å². The zero-order chi connectivity index (χ0) is 14.1. The van der Waals surface area contributed by atoms with Crippen LogP contribution in [0.15, 0.2) is 24.3 Å². The monoisotopic (exact) mass is 293 g/mol. The lowest BCUT2D eigenvalue weighted by Crippen LogP contribution is -2.03. The first-order chi connectivity index (χ1) is 9.69. The number of anilines is 1. The van der Waals surface area contributed by atoms with Crippen LogP contribution in [0.1, 0.15) is 23.2 Å². The first-order valence-corrected chi connectivity index (χ1v) is 7.38. The molecule has 0 saturated carbocycles. The molecular formula is C14H13F2N3S. The Morgan fingerprint density at radius 3 is 2.55 bits per heavy atom. The molecule has 2 heterocycles. The van der Waals surface area contributed by atoms with E-state index in [2.05, 4.69) is 15.3 Å². The van der Waals surface area contributed by atoms with Crippen molar-refractivity contribution in [2.45, 2.75) is 17.9 Å². The highest BCUT2D eigenvalue weighted by Crippen LogP contribution is 2.34. The number of halogens is 2. The fourth-order valence-corrected chi connectivity index (χ4v) is 3.21. The molecule has 104 valence electrons. The molecule has 1 aliphatic heterocycles. The van der Waals surface area contributed by atoms with Crippen LogP contribution in [0.2, 0.25) is 0 Å². The molecule has 0 aliphatic carbocycles. The van der Waals surface area contributed by atoms with Crippen LogP contribution in [-0.4, -0.2) is 17.0 Å². The number of hydrogen-bond donors (Lipinski definition) is 1. The van der Waals surface area contributed by atoms with Gasteiger partial charge in [-0.1, -0.05) is 24.3 Å². The van der Waals surface area contributed by atoms with E-state index in [9.17, 15) is 8.78 Å². The smallest absolute Gasteiger partial charge is 0.263 e. The summed E-state index contributed by atoms with van der Waals surface area (Å²) in [6, 6.07) is 6.13. The average Bonchev–Trinajstić information content (AvgIpc) is 2.94. The van der Waals surface area contributed by atoms with Gasteiger partial charge >= 0.3 is 0 Å². The topological polar surface area (TPSA) is 37.8 Å². The highest BCUT2D eigenvalue weighted by atomic mass is 32.2. The summed E-state index contributed by atoms with van der Waals surface area (Å²) in [5.74, 6) is 3.19. The Bertz CT molecular complexity index is 629. The zero-order valence-electron chi connectivity index (χ0n) is 10.9. The van der Waals surface area contributed by atoms with Crippen molar-refractivity contribution in [2.75, 3.05) is 12.4 Å². The molecule has 20 heavy (non-hydrogen) atoms. The summed E-state index contributed by atoms with van der Waals surface area (Å²) in [5.41, 5.74) is 2.94. The van der Waals surface area contributed by atoms with Crippen molar-refractivity contribution >= 4 is 17.6 Å². The second-order valence-corrected chi connectivity index (χ2v) is 5.47. The molecule has 6 heteroatoms. The van der Waals surface area contributed by atoms with E-state index in [1.807, 2.05) is 7.05 Å². The van der Waals surface area contributed by atoms with E-state index in [1.54, 1.807) is 23.9 Å². The molecule has 0 fully saturated rings. The Morgan fingerprint density at radius 1 is 1.15 bits per heavy atom. The summed E-state index contributed by atoms with van der Waals surface area (Å²) < 4.78 is 25.1. The number of thioether (sulfide) groups is 1. The van der Waals surface area contributed by atoms with Crippen LogP contribution in [0.3, 0.4) is 0 Å². The van der Waals surface area contributed by atoms with Crippen LogP contribution in [0, 0.1) is 0 Å². The number of hydrogen-bond acceptors (Lipinski definition) is 4. The van der Waals surface area contributed by atoms with E-state index in [-0.39, 0.29) is 5.56 Å². The minimum atomic E-state index is -2.45. The van der Waals surface area contributed by atoms with Crippen LogP contribution in [0.5, 0.6) is 0 Å². The molecule has 1 N–H and O–H groups in total. The van der Waals surface area contributed by atoms with E-state index >= 15 is 0 Å². The molecule has 1 aromatic heterocycles. The maximum absolute atomic E-state index is 12.6. The molecule has 0 unspecified atom stereocenters. The highest BCUT2D eigenvalue weighted by molar-refractivity contribution is 7.98. The Morgan fingerprint density at radius 2 is 1.90 bits per heavy atom. The molecule has 0 bridgehead atoms. The van der Waals surface area contributed by atoms with Crippen molar-refractivity contribution in [3.63, 3.8) is 0 Å². The van der Waals surface area contributed by atoms with E-state index < -0.39 is 6.43 Å². The van der Waals surface area contributed by atoms with Gasteiger partial charge in [0.25, 0.3) is 6.43 Å². The summed E-state index contributed by atoms with van der Waals surface area (Å²) in [4.78, 5) is 9.03. The fraction of sp³-hybridized carbons (Fsp3) is 0.286. The molecule has 3 nitrogen and oxygen atoms in total. The first-order valence-electron chi connectivity index (χ1n) is 6.23. The Balaban J connectivity index is 2.02. The maximum Gasteiger partial charge on any atom is 0.263 e. The van der Waals surface area contributed by atoms with Gasteiger partial charge in [-0.25, -0.2) is 18.7 Å². The van der Waals surface area contributed by atoms with Gasteiger partial charge in [0.05, 0.1) is 5.69 Å². The molecule has 0 radical (unpaired) electrons. The first kappa shape index (κ1) is 13.3. The molecule has 1 aliphatic rings. The van der Waals surface area contributed by atoms with Gasteiger partial charge in [-0.2, -0.15) is 11.8 Å². The largest absolute Gasteiger partial charge is 0.373 e. The molecule has 0 atom stereocenters. The summed E-state index contributed by atoms with van der Waals surface area (Å²) in [6.07, 6.45) is -2.45. The highest BCUT2D eigenvalue weighted by Gasteiger charge is 2.19. The molecule has 3 rings (SSSR count). The van der Waals surface area contributed by atoms with Crippen molar-refractivity contribution in [3.05, 3.63) is 41.1 Å². The Kier molecular flexibility index (Phi) is 3.56. The van der Waals surface area contributed by atoms with Crippen molar-refractivity contribution in [2.24, 2.45) is 0 Å². The van der Waals surface area contributed by atoms with Gasteiger partial charge in [0.2, 0.25) is 0 Å². The van der Waals surface area contributed by atoms with Crippen molar-refractivity contribution in [1.82, 2.24) is 9.97 Å². The number of aromatic nitrogens is 2. The third-order valence-electron chi connectivity index (χ3n) is 3.24. The third-order valence-corrected chi connectivity index (χ3v) is 4.21. The van der Waals surface area contributed by atoms with Gasteiger partial charge in [0, 0.05) is 35.2 Å². The van der Waals surface area contributed by atoms with Gasteiger partial charge in [0.15, 0.2) is 5.82 Å². The van der Waals surface area contributed by atoms with Gasteiger partial charge in [-0.15, -0.1) is 0 Å². The minimum absolute atomic E-state index is 0.0132. The fourth-order valence-electron chi connectivity index (χ4n) is 2.16. The summed E-state index contributed by atoms with van der Waals surface area (Å²) >= 11 is 1.80. The van der Waals surface area contributed by atoms with Crippen molar-refractivity contribution in [1.29, 1.82) is 0 Å². The van der Waals surface area contributed by atoms with Crippen LogP contribution in [0.4, 0.5) is 14.6 Å². The van der Waals surface area contributed by atoms with Crippen LogP contribution >= 0.6 is 11.8 Å². The molecule has 0 amide bonds. The van der Waals surface area contributed by atoms with Crippen molar-refractivity contribution in [3.8, 4) is 11.4 Å². The van der Waals surface area contributed by atoms with Crippen LogP contribution in [-0.2, 0) is 11.5 Å². The minimum Gasteiger partial charge on any atom is -0.373 e. The third kappa shape index (κ3) is 2.35. The number of alkyl halides is 2. The number of nitrogens with one attached hydrogen (secondary N) is 1. The second-order valence-electron chi connectivity index (χ2n) is 4.49. The molecule has 0 spiro atoms. The predicted molar refractivity (Wildman–Crippen MR) is 77.0 cm³/mol. The summed E-state index contributed by atoms with van der Waals surface area (Å²) in [5, 5.41) is 3.08. The lowest BCUT2D eigenvalue weighted by molar-refractivity contribution is 0.151. The van der Waals surface area contributed by atoms with E-state index in [1.165, 1.54) is 12.1 Å². The normalized spacial score (nSPS) is 13.6. The molecule has 2 aromatic rings. The quantitative estimate of drug-likeness (QED) is 0.932. The van der Waals surface area contributed by atoms with Crippen LogP contribution < -0.4 is 5.32 Å². The van der Waals surface area contributed by atoms with E-state index in [0.717, 1.165) is 34.1 Å².